The third-order valence-electron chi connectivity index (χ3n) is 3.45. The Bertz CT molecular complexity index is 521. The van der Waals surface area contributed by atoms with Gasteiger partial charge in [-0.1, -0.05) is 42.6 Å². The van der Waals surface area contributed by atoms with Gasteiger partial charge in [0.2, 0.25) is 5.91 Å². The van der Waals surface area contributed by atoms with Crippen molar-refractivity contribution in [3.05, 3.63) is 34.9 Å². The summed E-state index contributed by atoms with van der Waals surface area (Å²) in [5, 5.41) is 4.42. The highest BCUT2D eigenvalue weighted by Gasteiger charge is 2.15. The van der Waals surface area contributed by atoms with E-state index in [1.165, 1.54) is 24.6 Å². The van der Waals surface area contributed by atoms with Gasteiger partial charge in [0.15, 0.2) is 5.11 Å². The van der Waals surface area contributed by atoms with Crippen LogP contribution in [-0.2, 0) is 10.5 Å². The third kappa shape index (κ3) is 6.02. The summed E-state index contributed by atoms with van der Waals surface area (Å²) in [6.07, 6.45) is 4.77. The molecular weight excluding hydrogens is 338 g/mol. The number of carbonyl (C=O) groups excluding carboxylic acids is 1. The topological polar surface area (TPSA) is 53.2 Å². The monoisotopic (exact) mass is 357 g/mol. The van der Waals surface area contributed by atoms with E-state index >= 15 is 0 Å². The number of halogens is 1. The van der Waals surface area contributed by atoms with Crippen LogP contribution in [0.1, 0.15) is 31.2 Å². The quantitative estimate of drug-likeness (QED) is 0.558. The molecule has 0 unspecified atom stereocenters. The molecule has 0 aliphatic heterocycles. The molecule has 0 aromatic heterocycles. The number of rotatable bonds is 5. The Labute approximate surface area is 145 Å². The van der Waals surface area contributed by atoms with Crippen molar-refractivity contribution in [3.63, 3.8) is 0 Å². The van der Waals surface area contributed by atoms with E-state index in [0.29, 0.717) is 22.7 Å². The fraction of sp³-hybridized carbons (Fsp3) is 0.467. The summed E-state index contributed by atoms with van der Waals surface area (Å²) in [6, 6.07) is 8.09. The predicted molar refractivity (Wildman–Crippen MR) is 96.9 cm³/mol. The Kier molecular flexibility index (Phi) is 7.29. The molecule has 1 aliphatic rings. The summed E-state index contributed by atoms with van der Waals surface area (Å²) in [6.45, 7) is 0. The lowest BCUT2D eigenvalue weighted by Gasteiger charge is -2.16. The van der Waals surface area contributed by atoms with Crippen molar-refractivity contribution in [2.75, 3.05) is 5.75 Å². The zero-order valence-corrected chi connectivity index (χ0v) is 14.6. The molecule has 4 nitrogen and oxygen atoms in total. The van der Waals surface area contributed by atoms with Crippen molar-refractivity contribution in [2.45, 2.75) is 37.5 Å². The number of hydrogen-bond donors (Lipinski definition) is 3. The number of hydrogen-bond acceptors (Lipinski definition) is 3. The average molecular weight is 358 g/mol. The first-order valence-electron chi connectivity index (χ1n) is 7.31. The average Bonchev–Trinajstić information content (AvgIpc) is 3.00. The summed E-state index contributed by atoms with van der Waals surface area (Å²) in [5.74, 6) is 0.954. The number of benzene rings is 1. The highest BCUT2D eigenvalue weighted by molar-refractivity contribution is 7.99. The lowest BCUT2D eigenvalue weighted by molar-refractivity contribution is -0.119. The minimum atomic E-state index is -0.104. The highest BCUT2D eigenvalue weighted by atomic mass is 35.5. The van der Waals surface area contributed by atoms with E-state index in [9.17, 15) is 4.79 Å². The number of thioether (sulfide) groups is 1. The van der Waals surface area contributed by atoms with Crippen molar-refractivity contribution in [1.29, 1.82) is 0 Å². The van der Waals surface area contributed by atoms with Crippen LogP contribution in [0.25, 0.3) is 0 Å². The van der Waals surface area contributed by atoms with Crippen molar-refractivity contribution in [2.24, 2.45) is 0 Å². The Morgan fingerprint density at radius 1 is 1.27 bits per heavy atom. The van der Waals surface area contributed by atoms with Crippen LogP contribution in [0.3, 0.4) is 0 Å². The summed E-state index contributed by atoms with van der Waals surface area (Å²) in [5.41, 5.74) is 6.40. The molecule has 1 fully saturated rings. The lowest BCUT2D eigenvalue weighted by atomic mass is 10.2. The number of hydrazine groups is 1. The van der Waals surface area contributed by atoms with E-state index in [-0.39, 0.29) is 5.91 Å². The first-order chi connectivity index (χ1) is 10.6. The molecule has 7 heteroatoms. The van der Waals surface area contributed by atoms with Crippen LogP contribution in [0.5, 0.6) is 0 Å². The second-order valence-corrected chi connectivity index (χ2v) is 7.01. The molecule has 120 valence electrons. The van der Waals surface area contributed by atoms with E-state index in [1.807, 2.05) is 24.3 Å². The first kappa shape index (κ1) is 17.4. The zero-order chi connectivity index (χ0) is 15.8. The van der Waals surface area contributed by atoms with Gasteiger partial charge in [0.25, 0.3) is 0 Å². The van der Waals surface area contributed by atoms with Crippen LogP contribution in [0.2, 0.25) is 5.02 Å². The maximum absolute atomic E-state index is 11.7. The van der Waals surface area contributed by atoms with Crippen LogP contribution < -0.4 is 16.2 Å². The van der Waals surface area contributed by atoms with E-state index in [4.69, 9.17) is 23.8 Å². The van der Waals surface area contributed by atoms with Gasteiger partial charge in [0.05, 0.1) is 5.75 Å². The van der Waals surface area contributed by atoms with Gasteiger partial charge < -0.3 is 5.32 Å². The van der Waals surface area contributed by atoms with Gasteiger partial charge in [-0.05, 0) is 36.7 Å². The molecule has 0 bridgehead atoms. The van der Waals surface area contributed by atoms with Crippen molar-refractivity contribution < 1.29 is 4.79 Å². The Hall–Kier alpha value is -0.980. The summed E-state index contributed by atoms with van der Waals surface area (Å²) >= 11 is 12.7. The zero-order valence-electron chi connectivity index (χ0n) is 12.2. The van der Waals surface area contributed by atoms with Crippen LogP contribution in [-0.4, -0.2) is 22.8 Å². The van der Waals surface area contributed by atoms with Crippen molar-refractivity contribution >= 4 is 46.6 Å². The minimum Gasteiger partial charge on any atom is -0.359 e. The van der Waals surface area contributed by atoms with E-state index in [2.05, 4.69) is 16.2 Å². The number of thiocarbonyl (C=S) groups is 1. The Morgan fingerprint density at radius 3 is 2.73 bits per heavy atom. The molecular formula is C15H20ClN3OS2. The first-order valence-corrected chi connectivity index (χ1v) is 9.26. The molecule has 0 saturated heterocycles. The van der Waals surface area contributed by atoms with E-state index < -0.39 is 0 Å². The minimum absolute atomic E-state index is 0.104. The molecule has 1 aliphatic carbocycles. The molecule has 1 saturated carbocycles. The summed E-state index contributed by atoms with van der Waals surface area (Å²) in [7, 11) is 0. The van der Waals surface area contributed by atoms with Gasteiger partial charge in [-0.3, -0.25) is 15.6 Å². The van der Waals surface area contributed by atoms with Crippen molar-refractivity contribution in [3.8, 4) is 0 Å². The molecule has 0 atom stereocenters. The molecule has 2 rings (SSSR count). The van der Waals surface area contributed by atoms with Gasteiger partial charge in [-0.25, -0.2) is 0 Å². The van der Waals surface area contributed by atoms with Gasteiger partial charge in [-0.15, -0.1) is 11.8 Å². The number of amides is 1. The molecule has 1 aromatic carbocycles. The van der Waals surface area contributed by atoms with Crippen molar-refractivity contribution in [1.82, 2.24) is 16.2 Å². The van der Waals surface area contributed by atoms with E-state index in [0.717, 1.165) is 23.4 Å². The standard InChI is InChI=1S/C15H20ClN3OS2/c16-13-8-4-1-5-11(13)9-22-10-14(20)18-19-15(21)17-12-6-2-3-7-12/h1,4-5,8,12H,2-3,6-7,9-10H2,(H,18,20)(H2,17,19,21). The van der Waals surface area contributed by atoms with Gasteiger partial charge in [0.1, 0.15) is 0 Å². The number of nitrogens with one attached hydrogen (secondary N) is 3. The molecule has 0 spiro atoms. The highest BCUT2D eigenvalue weighted by Crippen LogP contribution is 2.20. The molecule has 0 heterocycles. The summed E-state index contributed by atoms with van der Waals surface area (Å²) < 4.78 is 0. The number of carbonyl (C=O) groups is 1. The predicted octanol–water partition coefficient (Wildman–Crippen LogP) is 3.01. The second kappa shape index (κ2) is 9.22. The molecule has 3 N–H and O–H groups in total. The Morgan fingerprint density at radius 2 is 2.00 bits per heavy atom. The second-order valence-electron chi connectivity index (χ2n) is 5.21. The molecule has 1 amide bonds. The van der Waals surface area contributed by atoms with Crippen LogP contribution >= 0.6 is 35.6 Å². The van der Waals surface area contributed by atoms with Gasteiger partial charge in [-0.2, -0.15) is 0 Å². The fourth-order valence-electron chi connectivity index (χ4n) is 2.32. The van der Waals surface area contributed by atoms with Crippen LogP contribution in [0, 0.1) is 0 Å². The third-order valence-corrected chi connectivity index (χ3v) is 5.02. The summed E-state index contributed by atoms with van der Waals surface area (Å²) in [4.78, 5) is 11.7. The van der Waals surface area contributed by atoms with Gasteiger partial charge >= 0.3 is 0 Å². The van der Waals surface area contributed by atoms with Crippen LogP contribution in [0.4, 0.5) is 0 Å². The fourth-order valence-corrected chi connectivity index (χ4v) is 3.65. The lowest BCUT2D eigenvalue weighted by Crippen LogP contribution is -2.49. The Balaban J connectivity index is 1.59. The van der Waals surface area contributed by atoms with E-state index in [1.54, 1.807) is 0 Å². The molecule has 22 heavy (non-hydrogen) atoms. The van der Waals surface area contributed by atoms with Gasteiger partial charge in [0, 0.05) is 16.8 Å². The molecule has 0 radical (unpaired) electrons. The molecule has 1 aromatic rings. The normalized spacial score (nSPS) is 14.6. The maximum Gasteiger partial charge on any atom is 0.248 e. The SMILES string of the molecule is O=C(CSCc1ccccc1Cl)NNC(=S)NC1CCCC1. The maximum atomic E-state index is 11.7. The largest absolute Gasteiger partial charge is 0.359 e. The van der Waals surface area contributed by atoms with Crippen LogP contribution in [0.15, 0.2) is 24.3 Å². The smallest absolute Gasteiger partial charge is 0.248 e.